The van der Waals surface area contributed by atoms with Crippen molar-refractivity contribution >= 4 is 11.8 Å². The number of allylic oxidation sites excluding steroid dienone is 1. The Hall–Kier alpha value is -1.71. The van der Waals surface area contributed by atoms with E-state index in [2.05, 4.69) is 6.92 Å². The van der Waals surface area contributed by atoms with E-state index in [4.69, 9.17) is 0 Å². The van der Waals surface area contributed by atoms with E-state index >= 15 is 0 Å². The monoisotopic (exact) mass is 237 g/mol. The van der Waals surface area contributed by atoms with Gasteiger partial charge in [0.2, 0.25) is 0 Å². The molecule has 0 radical (unpaired) electrons. The van der Waals surface area contributed by atoms with Crippen LogP contribution < -0.4 is 0 Å². The fraction of sp³-hybridized carbons (Fsp3) is 0.385. The van der Waals surface area contributed by atoms with E-state index in [0.717, 1.165) is 31.7 Å². The standard InChI is InChI=1S/C13H16FNO2/c1-2-3-4-5-6-7-11-10-12(14)8-9-13(11)15(16)17/h6-10H,2-5H2,1H3. The number of benzene rings is 1. The minimum absolute atomic E-state index is 0.0573. The Labute approximate surface area is 100 Å². The maximum atomic E-state index is 13.0. The van der Waals surface area contributed by atoms with Crippen molar-refractivity contribution in [2.45, 2.75) is 32.6 Å². The van der Waals surface area contributed by atoms with Gasteiger partial charge in [-0.1, -0.05) is 31.9 Å². The van der Waals surface area contributed by atoms with Crippen LogP contribution in [0.2, 0.25) is 0 Å². The second-order valence-corrected chi connectivity index (χ2v) is 3.86. The predicted octanol–water partition coefficient (Wildman–Crippen LogP) is 4.33. The molecular weight excluding hydrogens is 221 g/mol. The van der Waals surface area contributed by atoms with Crippen LogP contribution in [-0.4, -0.2) is 4.92 Å². The largest absolute Gasteiger partial charge is 0.276 e. The number of nitro groups is 1. The molecule has 0 bridgehead atoms. The van der Waals surface area contributed by atoms with E-state index in [9.17, 15) is 14.5 Å². The molecule has 0 amide bonds. The van der Waals surface area contributed by atoms with E-state index in [0.29, 0.717) is 5.56 Å². The first-order valence-electron chi connectivity index (χ1n) is 5.75. The molecule has 3 nitrogen and oxygen atoms in total. The first kappa shape index (κ1) is 13.4. The molecule has 0 aromatic heterocycles. The fourth-order valence-corrected chi connectivity index (χ4v) is 1.55. The number of hydrogen-bond donors (Lipinski definition) is 0. The van der Waals surface area contributed by atoms with Crippen molar-refractivity contribution in [3.8, 4) is 0 Å². The van der Waals surface area contributed by atoms with E-state index in [1.807, 2.05) is 6.08 Å². The van der Waals surface area contributed by atoms with Crippen molar-refractivity contribution < 1.29 is 9.31 Å². The van der Waals surface area contributed by atoms with Gasteiger partial charge in [-0.3, -0.25) is 10.1 Å². The third-order valence-electron chi connectivity index (χ3n) is 2.46. The molecule has 0 saturated heterocycles. The molecule has 0 saturated carbocycles. The smallest absolute Gasteiger partial charge is 0.258 e. The number of rotatable bonds is 6. The van der Waals surface area contributed by atoms with Gasteiger partial charge in [0.25, 0.3) is 5.69 Å². The summed E-state index contributed by atoms with van der Waals surface area (Å²) in [7, 11) is 0. The summed E-state index contributed by atoms with van der Waals surface area (Å²) in [5.74, 6) is -0.455. The molecule has 1 rings (SSSR count). The molecule has 0 N–H and O–H groups in total. The van der Waals surface area contributed by atoms with E-state index in [1.165, 1.54) is 12.1 Å². The number of nitro benzene ring substituents is 1. The van der Waals surface area contributed by atoms with Crippen LogP contribution >= 0.6 is 0 Å². The average Bonchev–Trinajstić information content (AvgIpc) is 2.28. The zero-order valence-corrected chi connectivity index (χ0v) is 9.86. The van der Waals surface area contributed by atoms with Gasteiger partial charge in [-0.25, -0.2) is 4.39 Å². The quantitative estimate of drug-likeness (QED) is 0.420. The van der Waals surface area contributed by atoms with Gasteiger partial charge in [0.05, 0.1) is 10.5 Å². The third kappa shape index (κ3) is 4.34. The minimum Gasteiger partial charge on any atom is -0.258 e. The summed E-state index contributed by atoms with van der Waals surface area (Å²) in [4.78, 5) is 10.2. The van der Waals surface area contributed by atoms with Crippen LogP contribution in [-0.2, 0) is 0 Å². The molecule has 4 heteroatoms. The highest BCUT2D eigenvalue weighted by Gasteiger charge is 2.11. The Bertz CT molecular complexity index is 416. The first-order valence-corrected chi connectivity index (χ1v) is 5.75. The molecule has 0 fully saturated rings. The van der Waals surface area contributed by atoms with Gasteiger partial charge < -0.3 is 0 Å². The number of nitrogens with zero attached hydrogens (tertiary/aromatic N) is 1. The molecule has 0 unspecified atom stereocenters. The third-order valence-corrected chi connectivity index (χ3v) is 2.46. The Morgan fingerprint density at radius 3 is 2.82 bits per heavy atom. The number of halogens is 1. The Kier molecular flexibility index (Phi) is 5.33. The van der Waals surface area contributed by atoms with Gasteiger partial charge in [-0.05, 0) is 25.0 Å². The maximum Gasteiger partial charge on any atom is 0.276 e. The number of unbranched alkanes of at least 4 members (excludes halogenated alkanes) is 3. The van der Waals surface area contributed by atoms with Crippen molar-refractivity contribution in [3.05, 3.63) is 45.8 Å². The van der Waals surface area contributed by atoms with Crippen molar-refractivity contribution in [2.75, 3.05) is 0 Å². The highest BCUT2D eigenvalue weighted by Crippen LogP contribution is 2.21. The van der Waals surface area contributed by atoms with Crippen LogP contribution in [0.5, 0.6) is 0 Å². The second kappa shape index (κ2) is 6.78. The summed E-state index contributed by atoms with van der Waals surface area (Å²) >= 11 is 0. The Morgan fingerprint density at radius 2 is 2.18 bits per heavy atom. The van der Waals surface area contributed by atoms with E-state index < -0.39 is 10.7 Å². The lowest BCUT2D eigenvalue weighted by Crippen LogP contribution is -1.92. The number of hydrogen-bond acceptors (Lipinski definition) is 2. The molecule has 1 aromatic carbocycles. The summed E-state index contributed by atoms with van der Waals surface area (Å²) < 4.78 is 13.0. The van der Waals surface area contributed by atoms with Crippen LogP contribution in [0.3, 0.4) is 0 Å². The molecule has 0 aliphatic rings. The van der Waals surface area contributed by atoms with Crippen molar-refractivity contribution in [1.29, 1.82) is 0 Å². The van der Waals surface area contributed by atoms with Gasteiger partial charge in [0.15, 0.2) is 0 Å². The van der Waals surface area contributed by atoms with Crippen LogP contribution in [0.25, 0.3) is 6.08 Å². The Balaban J connectivity index is 2.74. The zero-order valence-electron chi connectivity index (χ0n) is 9.86. The lowest BCUT2D eigenvalue weighted by molar-refractivity contribution is -0.385. The summed E-state index contributed by atoms with van der Waals surface area (Å²) in [6, 6.07) is 3.49. The average molecular weight is 237 g/mol. The van der Waals surface area contributed by atoms with Gasteiger partial charge >= 0.3 is 0 Å². The Morgan fingerprint density at radius 1 is 1.41 bits per heavy atom. The van der Waals surface area contributed by atoms with Crippen LogP contribution in [0.4, 0.5) is 10.1 Å². The summed E-state index contributed by atoms with van der Waals surface area (Å²) in [6.45, 7) is 2.11. The van der Waals surface area contributed by atoms with Gasteiger partial charge in [0, 0.05) is 6.07 Å². The molecule has 0 heterocycles. The summed E-state index contributed by atoms with van der Waals surface area (Å²) in [6.07, 6.45) is 7.66. The normalized spacial score (nSPS) is 10.9. The van der Waals surface area contributed by atoms with Crippen molar-refractivity contribution in [3.63, 3.8) is 0 Å². The first-order chi connectivity index (χ1) is 8.15. The topological polar surface area (TPSA) is 43.1 Å². The zero-order chi connectivity index (χ0) is 12.7. The molecule has 92 valence electrons. The SMILES string of the molecule is CCCCCC=Cc1cc(F)ccc1[N+](=O)[O-]. The minimum atomic E-state index is -0.495. The predicted molar refractivity (Wildman–Crippen MR) is 66.2 cm³/mol. The molecular formula is C13H16FNO2. The van der Waals surface area contributed by atoms with Crippen LogP contribution in [0, 0.1) is 15.9 Å². The van der Waals surface area contributed by atoms with Gasteiger partial charge in [-0.15, -0.1) is 0 Å². The molecule has 0 aliphatic carbocycles. The molecule has 1 aromatic rings. The highest BCUT2D eigenvalue weighted by atomic mass is 19.1. The fourth-order valence-electron chi connectivity index (χ4n) is 1.55. The summed E-state index contributed by atoms with van der Waals surface area (Å²) in [5, 5.41) is 10.7. The van der Waals surface area contributed by atoms with Crippen molar-refractivity contribution in [2.24, 2.45) is 0 Å². The lowest BCUT2D eigenvalue weighted by atomic mass is 10.1. The lowest BCUT2D eigenvalue weighted by Gasteiger charge is -1.98. The van der Waals surface area contributed by atoms with Crippen molar-refractivity contribution in [1.82, 2.24) is 0 Å². The molecule has 0 aliphatic heterocycles. The summed E-state index contributed by atoms with van der Waals surface area (Å²) in [5.41, 5.74) is 0.268. The van der Waals surface area contributed by atoms with Gasteiger partial charge in [0.1, 0.15) is 5.82 Å². The van der Waals surface area contributed by atoms with E-state index in [1.54, 1.807) is 6.08 Å². The van der Waals surface area contributed by atoms with E-state index in [-0.39, 0.29) is 5.69 Å². The molecule has 0 spiro atoms. The molecule has 0 atom stereocenters. The van der Waals surface area contributed by atoms with Crippen LogP contribution in [0.15, 0.2) is 24.3 Å². The highest BCUT2D eigenvalue weighted by molar-refractivity contribution is 5.60. The molecule has 17 heavy (non-hydrogen) atoms. The van der Waals surface area contributed by atoms with Crippen LogP contribution in [0.1, 0.15) is 38.2 Å². The second-order valence-electron chi connectivity index (χ2n) is 3.86. The maximum absolute atomic E-state index is 13.0. The van der Waals surface area contributed by atoms with Gasteiger partial charge in [-0.2, -0.15) is 0 Å².